The summed E-state index contributed by atoms with van der Waals surface area (Å²) in [5, 5.41) is 4.31. The van der Waals surface area contributed by atoms with E-state index in [0.717, 1.165) is 18.8 Å². The average Bonchev–Trinajstić information content (AvgIpc) is 3.38. The van der Waals surface area contributed by atoms with Crippen molar-refractivity contribution in [3.63, 3.8) is 0 Å². The van der Waals surface area contributed by atoms with Crippen molar-refractivity contribution in [1.29, 1.82) is 0 Å². The second-order valence-electron chi connectivity index (χ2n) is 7.73. The van der Waals surface area contributed by atoms with E-state index < -0.39 is 0 Å². The van der Waals surface area contributed by atoms with E-state index in [1.54, 1.807) is 10.9 Å². The van der Waals surface area contributed by atoms with Crippen LogP contribution >= 0.6 is 0 Å². The quantitative estimate of drug-likeness (QED) is 0.703. The fraction of sp³-hybridized carbons (Fsp3) is 0.304. The van der Waals surface area contributed by atoms with Gasteiger partial charge in [0.05, 0.1) is 11.3 Å². The SMILES string of the molecule is Cc1ccc([C@@H]2CN(C(=O)c3ccccc3-n3cccn3)C[C@H]2N(C)C)cc1. The number of carbonyl (C=O) groups is 1. The average molecular weight is 374 g/mol. The Labute approximate surface area is 166 Å². The van der Waals surface area contributed by atoms with E-state index in [1.807, 2.05) is 41.4 Å². The second kappa shape index (κ2) is 7.60. The highest BCUT2D eigenvalue weighted by molar-refractivity contribution is 5.98. The van der Waals surface area contributed by atoms with Crippen LogP contribution in [-0.2, 0) is 0 Å². The van der Waals surface area contributed by atoms with E-state index >= 15 is 0 Å². The van der Waals surface area contributed by atoms with Crippen molar-refractivity contribution in [2.75, 3.05) is 27.2 Å². The van der Waals surface area contributed by atoms with Gasteiger partial charge < -0.3 is 9.80 Å². The molecule has 5 heteroatoms. The Hall–Kier alpha value is -2.92. The van der Waals surface area contributed by atoms with Crippen LogP contribution in [0.3, 0.4) is 0 Å². The van der Waals surface area contributed by atoms with Crippen LogP contribution in [0.2, 0.25) is 0 Å². The number of amides is 1. The molecule has 2 atom stereocenters. The zero-order valence-electron chi connectivity index (χ0n) is 16.6. The molecule has 2 aromatic carbocycles. The van der Waals surface area contributed by atoms with Gasteiger partial charge in [0.15, 0.2) is 0 Å². The lowest BCUT2D eigenvalue weighted by Gasteiger charge is -2.25. The number of hydrogen-bond acceptors (Lipinski definition) is 3. The highest BCUT2D eigenvalue weighted by Gasteiger charge is 2.38. The zero-order chi connectivity index (χ0) is 19.7. The van der Waals surface area contributed by atoms with E-state index in [1.165, 1.54) is 11.1 Å². The molecule has 1 amide bonds. The van der Waals surface area contributed by atoms with Crippen LogP contribution in [-0.4, -0.2) is 58.7 Å². The summed E-state index contributed by atoms with van der Waals surface area (Å²) in [4.78, 5) is 17.6. The van der Waals surface area contributed by atoms with Gasteiger partial charge in [-0.2, -0.15) is 5.10 Å². The molecule has 4 rings (SSSR count). The smallest absolute Gasteiger partial charge is 0.256 e. The topological polar surface area (TPSA) is 41.4 Å². The summed E-state index contributed by atoms with van der Waals surface area (Å²) >= 11 is 0. The Kier molecular flexibility index (Phi) is 5.01. The minimum atomic E-state index is 0.0626. The first-order chi connectivity index (χ1) is 13.5. The fourth-order valence-electron chi connectivity index (χ4n) is 4.05. The molecule has 0 N–H and O–H groups in total. The fourth-order valence-corrected chi connectivity index (χ4v) is 4.05. The number of aryl methyl sites for hydroxylation is 1. The Bertz CT molecular complexity index is 947. The van der Waals surface area contributed by atoms with Crippen LogP contribution in [0, 0.1) is 6.92 Å². The van der Waals surface area contributed by atoms with Gasteiger partial charge in [0.25, 0.3) is 5.91 Å². The highest BCUT2D eigenvalue weighted by Crippen LogP contribution is 2.32. The summed E-state index contributed by atoms with van der Waals surface area (Å²) in [6, 6.07) is 18.5. The first-order valence-electron chi connectivity index (χ1n) is 9.66. The van der Waals surface area contributed by atoms with Crippen LogP contribution < -0.4 is 0 Å². The van der Waals surface area contributed by atoms with Crippen molar-refractivity contribution in [2.24, 2.45) is 0 Å². The Morgan fingerprint density at radius 2 is 1.79 bits per heavy atom. The molecule has 28 heavy (non-hydrogen) atoms. The molecule has 144 valence electrons. The lowest BCUT2D eigenvalue weighted by atomic mass is 9.93. The van der Waals surface area contributed by atoms with Crippen molar-refractivity contribution in [3.05, 3.63) is 83.7 Å². The molecule has 0 saturated carbocycles. The Morgan fingerprint density at radius 1 is 1.04 bits per heavy atom. The lowest BCUT2D eigenvalue weighted by molar-refractivity contribution is 0.0782. The van der Waals surface area contributed by atoms with E-state index in [-0.39, 0.29) is 5.91 Å². The van der Waals surface area contributed by atoms with Gasteiger partial charge in [-0.15, -0.1) is 0 Å². The molecule has 1 aliphatic rings. The third-order valence-corrected chi connectivity index (χ3v) is 5.63. The first-order valence-corrected chi connectivity index (χ1v) is 9.66. The molecule has 1 saturated heterocycles. The first kappa shape index (κ1) is 18.4. The second-order valence-corrected chi connectivity index (χ2v) is 7.73. The Morgan fingerprint density at radius 3 is 2.46 bits per heavy atom. The lowest BCUT2D eigenvalue weighted by Crippen LogP contribution is -2.36. The van der Waals surface area contributed by atoms with E-state index in [4.69, 9.17) is 0 Å². The molecule has 3 aromatic rings. The maximum Gasteiger partial charge on any atom is 0.256 e. The van der Waals surface area contributed by atoms with Crippen molar-refractivity contribution in [2.45, 2.75) is 18.9 Å². The van der Waals surface area contributed by atoms with Gasteiger partial charge in [-0.1, -0.05) is 42.0 Å². The van der Waals surface area contributed by atoms with Crippen molar-refractivity contribution >= 4 is 5.91 Å². The van der Waals surface area contributed by atoms with Gasteiger partial charge >= 0.3 is 0 Å². The van der Waals surface area contributed by atoms with Crippen LogP contribution in [0.4, 0.5) is 0 Å². The maximum absolute atomic E-state index is 13.4. The van der Waals surface area contributed by atoms with Gasteiger partial charge in [-0.05, 0) is 44.8 Å². The van der Waals surface area contributed by atoms with Crippen LogP contribution in [0.25, 0.3) is 5.69 Å². The van der Waals surface area contributed by atoms with Gasteiger partial charge in [0.1, 0.15) is 0 Å². The predicted molar refractivity (Wildman–Crippen MR) is 111 cm³/mol. The zero-order valence-corrected chi connectivity index (χ0v) is 16.6. The molecule has 1 aromatic heterocycles. The molecule has 2 heterocycles. The number of rotatable bonds is 4. The number of nitrogens with zero attached hydrogens (tertiary/aromatic N) is 4. The molecule has 5 nitrogen and oxygen atoms in total. The number of para-hydroxylation sites is 1. The predicted octanol–water partition coefficient (Wildman–Crippen LogP) is 3.35. The molecule has 1 aliphatic heterocycles. The summed E-state index contributed by atoms with van der Waals surface area (Å²) < 4.78 is 1.75. The normalized spacial score (nSPS) is 19.4. The molecule has 0 aliphatic carbocycles. The van der Waals surface area contributed by atoms with Crippen molar-refractivity contribution in [1.82, 2.24) is 19.6 Å². The monoisotopic (exact) mass is 374 g/mol. The Balaban J connectivity index is 1.64. The highest BCUT2D eigenvalue weighted by atomic mass is 16.2. The third kappa shape index (κ3) is 3.45. The van der Waals surface area contributed by atoms with Gasteiger partial charge in [0.2, 0.25) is 0 Å². The molecule has 0 bridgehead atoms. The molecule has 0 spiro atoms. The minimum Gasteiger partial charge on any atom is -0.336 e. The van der Waals surface area contributed by atoms with E-state index in [0.29, 0.717) is 17.5 Å². The number of carbonyl (C=O) groups excluding carboxylic acids is 1. The number of benzene rings is 2. The van der Waals surface area contributed by atoms with Gasteiger partial charge in [0, 0.05) is 37.4 Å². The largest absolute Gasteiger partial charge is 0.336 e. The van der Waals surface area contributed by atoms with Gasteiger partial charge in [-0.25, -0.2) is 4.68 Å². The molecular weight excluding hydrogens is 348 g/mol. The van der Waals surface area contributed by atoms with Crippen LogP contribution in [0.1, 0.15) is 27.4 Å². The molecule has 0 unspecified atom stereocenters. The standard InChI is InChI=1S/C23H26N4O/c1-17-9-11-18(12-10-17)20-15-26(16-22(20)25(2)3)23(28)19-7-4-5-8-21(19)27-14-6-13-24-27/h4-14,20,22H,15-16H2,1-3H3/t20-,22+/m0/s1. The molecular formula is C23H26N4O. The summed E-state index contributed by atoms with van der Waals surface area (Å²) in [6.45, 7) is 3.54. The molecule has 1 fully saturated rings. The summed E-state index contributed by atoms with van der Waals surface area (Å²) in [5.74, 6) is 0.365. The summed E-state index contributed by atoms with van der Waals surface area (Å²) in [5.41, 5.74) is 4.05. The van der Waals surface area contributed by atoms with Crippen molar-refractivity contribution in [3.8, 4) is 5.69 Å². The number of likely N-dealkylation sites (tertiary alicyclic amines) is 1. The van der Waals surface area contributed by atoms with E-state index in [2.05, 4.69) is 55.3 Å². The van der Waals surface area contributed by atoms with Gasteiger partial charge in [-0.3, -0.25) is 4.79 Å². The van der Waals surface area contributed by atoms with E-state index in [9.17, 15) is 4.79 Å². The maximum atomic E-state index is 13.4. The number of hydrogen-bond donors (Lipinski definition) is 0. The third-order valence-electron chi connectivity index (χ3n) is 5.63. The molecule has 0 radical (unpaired) electrons. The summed E-state index contributed by atoms with van der Waals surface area (Å²) in [6.07, 6.45) is 3.60. The number of aromatic nitrogens is 2. The minimum absolute atomic E-state index is 0.0626. The van der Waals surface area contributed by atoms with Crippen LogP contribution in [0.5, 0.6) is 0 Å². The number of likely N-dealkylation sites (N-methyl/N-ethyl adjacent to an activating group) is 1. The summed E-state index contributed by atoms with van der Waals surface area (Å²) in [7, 11) is 4.19. The van der Waals surface area contributed by atoms with Crippen molar-refractivity contribution < 1.29 is 4.79 Å². The van der Waals surface area contributed by atoms with Crippen LogP contribution in [0.15, 0.2) is 67.0 Å².